The summed E-state index contributed by atoms with van der Waals surface area (Å²) in [6, 6.07) is 44.5. The van der Waals surface area contributed by atoms with Crippen molar-refractivity contribution in [2.45, 2.75) is 12.8 Å². The monoisotopic (exact) mass is 648 g/mol. The Labute approximate surface area is 288 Å². The van der Waals surface area contributed by atoms with Crippen molar-refractivity contribution in [3.05, 3.63) is 121 Å². The molecular weight excluding hydrogens is 617 g/mol. The van der Waals surface area contributed by atoms with Gasteiger partial charge in [0.2, 0.25) is 0 Å². The van der Waals surface area contributed by atoms with Crippen LogP contribution in [0.15, 0.2) is 121 Å². The standard InChI is InChI=1S/C46H32O4/c1-19-47-39-15-11-27-3-7-31-23-35(27)43(39)44-36-24-32(8-4-28(36)12-16-40(44)48-20-1)34-10-6-30-14-18-42-46(38(30)26-34)45-37-25-33(31)9-5-29(37)13-17-41(45)49-21-2-22-50-42/h3-18,23-26H,1-2,19-22H2. The van der Waals surface area contributed by atoms with Crippen LogP contribution >= 0.6 is 0 Å². The maximum Gasteiger partial charge on any atom is 0.127 e. The quantitative estimate of drug-likeness (QED) is 0.164. The van der Waals surface area contributed by atoms with E-state index in [1.807, 2.05) is 0 Å². The molecule has 240 valence electrons. The number of benzene rings is 8. The van der Waals surface area contributed by atoms with Gasteiger partial charge in [0.05, 0.1) is 26.4 Å². The van der Waals surface area contributed by atoms with E-state index in [4.69, 9.17) is 18.9 Å². The number of ether oxygens (including phenoxy) is 4. The van der Waals surface area contributed by atoms with Crippen molar-refractivity contribution < 1.29 is 18.9 Å². The molecule has 2 aliphatic rings. The highest BCUT2D eigenvalue weighted by Crippen LogP contribution is 2.45. The maximum atomic E-state index is 6.55. The SMILES string of the molecule is c1cc2ccc3cc2c2c1OCCCOc1ccc4ccc(cc4c12)c1ccc2ccc4c(c2c1)c1c(ccc2ccc3cc21)OCCCO4. The molecule has 0 aliphatic carbocycles. The van der Waals surface area contributed by atoms with Gasteiger partial charge >= 0.3 is 0 Å². The molecule has 50 heavy (non-hydrogen) atoms. The molecule has 9 aromatic carbocycles. The molecule has 0 radical (unpaired) electrons. The second kappa shape index (κ2) is 10.8. The summed E-state index contributed by atoms with van der Waals surface area (Å²) in [6.45, 7) is 2.38. The number of rotatable bonds is 0. The van der Waals surface area contributed by atoms with Crippen LogP contribution in [0, 0.1) is 0 Å². The average molecular weight is 649 g/mol. The summed E-state index contributed by atoms with van der Waals surface area (Å²) in [4.78, 5) is 0. The summed E-state index contributed by atoms with van der Waals surface area (Å²) in [5.74, 6) is 3.54. The second-order valence-electron chi connectivity index (χ2n) is 13.6. The average Bonchev–Trinajstić information content (AvgIpc) is 3.32. The van der Waals surface area contributed by atoms with Gasteiger partial charge in [-0.15, -0.1) is 0 Å². The predicted molar refractivity (Wildman–Crippen MR) is 207 cm³/mol. The molecule has 0 atom stereocenters. The van der Waals surface area contributed by atoms with Crippen molar-refractivity contribution in [2.75, 3.05) is 26.4 Å². The molecule has 4 heteroatoms. The smallest absolute Gasteiger partial charge is 0.127 e. The zero-order valence-electron chi connectivity index (χ0n) is 27.4. The zero-order chi connectivity index (χ0) is 32.8. The fourth-order valence-corrected chi connectivity index (χ4v) is 8.28. The van der Waals surface area contributed by atoms with Gasteiger partial charge in [0, 0.05) is 34.4 Å². The van der Waals surface area contributed by atoms with E-state index >= 15 is 0 Å². The van der Waals surface area contributed by atoms with Crippen molar-refractivity contribution in [3.8, 4) is 23.0 Å². The molecule has 0 spiro atoms. The van der Waals surface area contributed by atoms with Gasteiger partial charge < -0.3 is 18.9 Å². The van der Waals surface area contributed by atoms with Gasteiger partial charge in [-0.05, 0) is 113 Å². The highest BCUT2D eigenvalue weighted by atomic mass is 16.5. The molecule has 2 heterocycles. The van der Waals surface area contributed by atoms with Gasteiger partial charge in [0.25, 0.3) is 0 Å². The largest absolute Gasteiger partial charge is 0.493 e. The molecule has 4 nitrogen and oxygen atoms in total. The van der Waals surface area contributed by atoms with Crippen LogP contribution in [0.3, 0.4) is 0 Å². The Morgan fingerprint density at radius 3 is 0.740 bits per heavy atom. The molecule has 0 N–H and O–H groups in total. The first kappa shape index (κ1) is 27.9. The first-order valence-corrected chi connectivity index (χ1v) is 17.6. The Bertz CT molecular complexity index is 2540. The van der Waals surface area contributed by atoms with E-state index in [0.29, 0.717) is 26.4 Å². The van der Waals surface area contributed by atoms with Crippen LogP contribution in [0.5, 0.6) is 23.0 Å². The lowest BCUT2D eigenvalue weighted by molar-refractivity contribution is 0.253. The Morgan fingerprint density at radius 2 is 0.480 bits per heavy atom. The van der Waals surface area contributed by atoms with E-state index in [1.165, 1.54) is 0 Å². The first-order chi connectivity index (χ1) is 24.8. The van der Waals surface area contributed by atoms with Crippen LogP contribution in [0.25, 0.3) is 86.2 Å². The van der Waals surface area contributed by atoms with Crippen LogP contribution < -0.4 is 18.9 Å². The van der Waals surface area contributed by atoms with Crippen molar-refractivity contribution in [1.29, 1.82) is 0 Å². The molecule has 0 amide bonds. The molecule has 11 rings (SSSR count). The number of fused-ring (bicyclic) bond motifs is 6. The van der Waals surface area contributed by atoms with Crippen LogP contribution in [0.1, 0.15) is 12.8 Å². The summed E-state index contributed by atoms with van der Waals surface area (Å²) in [5, 5.41) is 18.1. The Hall–Kier alpha value is -6.00. The molecule has 0 aromatic heterocycles. The normalized spacial score (nSPS) is 14.6. The second-order valence-corrected chi connectivity index (χ2v) is 13.6. The molecule has 0 fully saturated rings. The Morgan fingerprint density at radius 1 is 0.260 bits per heavy atom. The molecule has 0 saturated heterocycles. The summed E-state index contributed by atoms with van der Waals surface area (Å²) in [6.07, 6.45) is 1.62. The van der Waals surface area contributed by atoms with Gasteiger partial charge in [0.1, 0.15) is 23.0 Å². The summed E-state index contributed by atoms with van der Waals surface area (Å²) in [7, 11) is 0. The highest BCUT2D eigenvalue weighted by molar-refractivity contribution is 6.24. The molecule has 0 unspecified atom stereocenters. The van der Waals surface area contributed by atoms with Crippen molar-refractivity contribution in [1.82, 2.24) is 0 Å². The molecular formula is C46H32O4. The predicted octanol–water partition coefficient (Wildman–Crippen LogP) is 11.8. The van der Waals surface area contributed by atoms with Gasteiger partial charge in [-0.1, -0.05) is 72.8 Å². The lowest BCUT2D eigenvalue weighted by atomic mass is 9.93. The fourth-order valence-electron chi connectivity index (χ4n) is 8.28. The van der Waals surface area contributed by atoms with Crippen LogP contribution in [0.2, 0.25) is 0 Å². The minimum absolute atomic E-state index is 0.596. The van der Waals surface area contributed by atoms with E-state index in [-0.39, 0.29) is 0 Å². The molecule has 0 saturated carbocycles. The maximum absolute atomic E-state index is 6.55. The van der Waals surface area contributed by atoms with Crippen molar-refractivity contribution >= 4 is 86.2 Å². The molecule has 2 aliphatic heterocycles. The highest BCUT2D eigenvalue weighted by Gasteiger charge is 2.18. The van der Waals surface area contributed by atoms with E-state index < -0.39 is 0 Å². The molecule has 9 aromatic rings. The fraction of sp³-hybridized carbons (Fsp3) is 0.130. The minimum atomic E-state index is 0.596. The van der Waals surface area contributed by atoms with Crippen LogP contribution in [-0.2, 0) is 0 Å². The summed E-state index contributed by atoms with van der Waals surface area (Å²) in [5.41, 5.74) is 0. The molecule has 8 bridgehead atoms. The third-order valence-corrected chi connectivity index (χ3v) is 10.7. The van der Waals surface area contributed by atoms with E-state index in [1.54, 1.807) is 0 Å². The lowest BCUT2D eigenvalue weighted by Crippen LogP contribution is -2.03. The van der Waals surface area contributed by atoms with E-state index in [0.717, 1.165) is 122 Å². The van der Waals surface area contributed by atoms with Gasteiger partial charge in [-0.2, -0.15) is 0 Å². The van der Waals surface area contributed by atoms with Gasteiger partial charge in [0.15, 0.2) is 0 Å². The number of hydrogen-bond donors (Lipinski definition) is 0. The van der Waals surface area contributed by atoms with Gasteiger partial charge in [-0.25, -0.2) is 0 Å². The van der Waals surface area contributed by atoms with Gasteiger partial charge in [-0.3, -0.25) is 0 Å². The van der Waals surface area contributed by atoms with E-state index in [9.17, 15) is 0 Å². The Kier molecular flexibility index (Phi) is 6.00. The number of hydrogen-bond acceptors (Lipinski definition) is 4. The van der Waals surface area contributed by atoms with Crippen molar-refractivity contribution in [2.24, 2.45) is 0 Å². The third-order valence-electron chi connectivity index (χ3n) is 10.7. The summed E-state index contributed by atoms with van der Waals surface area (Å²) >= 11 is 0. The Balaban J connectivity index is 1.46. The van der Waals surface area contributed by atoms with Crippen molar-refractivity contribution in [3.63, 3.8) is 0 Å². The summed E-state index contributed by atoms with van der Waals surface area (Å²) < 4.78 is 26.2. The topological polar surface area (TPSA) is 36.9 Å². The zero-order valence-corrected chi connectivity index (χ0v) is 27.4. The van der Waals surface area contributed by atoms with E-state index in [2.05, 4.69) is 121 Å². The van der Waals surface area contributed by atoms with Crippen LogP contribution in [0.4, 0.5) is 0 Å². The minimum Gasteiger partial charge on any atom is -0.493 e. The first-order valence-electron chi connectivity index (χ1n) is 17.6. The third kappa shape index (κ3) is 4.18. The van der Waals surface area contributed by atoms with Crippen LogP contribution in [-0.4, -0.2) is 26.4 Å². The lowest BCUT2D eigenvalue weighted by Gasteiger charge is -2.15.